The normalized spacial score (nSPS) is 10.3. The highest BCUT2D eigenvalue weighted by Gasteiger charge is 2.00. The van der Waals surface area contributed by atoms with Crippen LogP contribution >= 0.6 is 23.2 Å². The number of hydrogen-bond acceptors (Lipinski definition) is 3. The fourth-order valence-electron chi connectivity index (χ4n) is 1.93. The average molecular weight is 339 g/mol. The van der Waals surface area contributed by atoms with E-state index in [0.29, 0.717) is 10.0 Å². The molecule has 0 radical (unpaired) electrons. The maximum atomic E-state index is 6.10. The number of nitrogens with one attached hydrogen (secondary N) is 2. The third-order valence-electron chi connectivity index (χ3n) is 3.03. The van der Waals surface area contributed by atoms with Gasteiger partial charge in [0.05, 0.1) is 17.3 Å². The number of benzene rings is 2. The van der Waals surface area contributed by atoms with Crippen LogP contribution in [0, 0.1) is 0 Å². The Morgan fingerprint density at radius 3 is 2.41 bits per heavy atom. The van der Waals surface area contributed by atoms with E-state index in [1.165, 1.54) is 0 Å². The molecular formula is C17H20Cl2N2O. The molecule has 0 amide bonds. The highest BCUT2D eigenvalue weighted by Crippen LogP contribution is 2.25. The lowest BCUT2D eigenvalue weighted by atomic mass is 10.3. The van der Waals surface area contributed by atoms with Gasteiger partial charge >= 0.3 is 0 Å². The summed E-state index contributed by atoms with van der Waals surface area (Å²) in [5.41, 5.74) is 1.90. The van der Waals surface area contributed by atoms with Crippen LogP contribution < -0.4 is 15.4 Å². The monoisotopic (exact) mass is 338 g/mol. The number of anilines is 2. The van der Waals surface area contributed by atoms with Crippen LogP contribution in [0.15, 0.2) is 42.5 Å². The summed E-state index contributed by atoms with van der Waals surface area (Å²) in [6.07, 6.45) is 1.01. The van der Waals surface area contributed by atoms with Crippen LogP contribution in [0.4, 0.5) is 11.4 Å². The first kappa shape index (κ1) is 16.8. The minimum atomic E-state index is 0.668. The van der Waals surface area contributed by atoms with Crippen LogP contribution in [-0.4, -0.2) is 19.7 Å². The van der Waals surface area contributed by atoms with Gasteiger partial charge in [-0.05, 0) is 48.9 Å². The molecule has 0 heterocycles. The Kier molecular flexibility index (Phi) is 6.69. The second-order valence-corrected chi connectivity index (χ2v) is 5.69. The van der Waals surface area contributed by atoms with E-state index >= 15 is 0 Å². The molecule has 2 aromatic rings. The molecule has 0 bridgehead atoms. The Hall–Kier alpha value is -1.58. The van der Waals surface area contributed by atoms with E-state index in [9.17, 15) is 0 Å². The van der Waals surface area contributed by atoms with Crippen molar-refractivity contribution in [3.8, 4) is 5.75 Å². The number of hydrogen-bond donors (Lipinski definition) is 2. The van der Waals surface area contributed by atoms with Crippen molar-refractivity contribution in [2.45, 2.75) is 13.3 Å². The first-order chi connectivity index (χ1) is 10.7. The molecule has 0 atom stereocenters. The van der Waals surface area contributed by atoms with Crippen molar-refractivity contribution in [3.63, 3.8) is 0 Å². The highest BCUT2D eigenvalue weighted by molar-refractivity contribution is 6.35. The molecule has 0 saturated carbocycles. The predicted molar refractivity (Wildman–Crippen MR) is 95.7 cm³/mol. The van der Waals surface area contributed by atoms with Gasteiger partial charge < -0.3 is 15.4 Å². The summed E-state index contributed by atoms with van der Waals surface area (Å²) in [5, 5.41) is 7.94. The topological polar surface area (TPSA) is 33.3 Å². The van der Waals surface area contributed by atoms with E-state index in [1.54, 1.807) is 12.1 Å². The lowest BCUT2D eigenvalue weighted by Gasteiger charge is -2.11. The second kappa shape index (κ2) is 8.76. The SMILES string of the molecule is CCCOc1ccc(NCCNc2cc(Cl)ccc2Cl)cc1. The molecule has 0 fully saturated rings. The Morgan fingerprint density at radius 2 is 1.68 bits per heavy atom. The molecule has 0 aromatic heterocycles. The van der Waals surface area contributed by atoms with Crippen molar-refractivity contribution in [1.29, 1.82) is 0 Å². The van der Waals surface area contributed by atoms with Gasteiger partial charge in [-0.3, -0.25) is 0 Å². The van der Waals surface area contributed by atoms with Crippen LogP contribution in [0.5, 0.6) is 5.75 Å². The maximum absolute atomic E-state index is 6.10. The molecule has 0 aliphatic heterocycles. The molecule has 2 aromatic carbocycles. The minimum absolute atomic E-state index is 0.668. The molecule has 3 nitrogen and oxygen atoms in total. The van der Waals surface area contributed by atoms with Gasteiger partial charge in [-0.1, -0.05) is 30.1 Å². The van der Waals surface area contributed by atoms with Crippen molar-refractivity contribution in [3.05, 3.63) is 52.5 Å². The molecule has 0 aliphatic rings. The molecule has 0 unspecified atom stereocenters. The number of rotatable bonds is 8. The van der Waals surface area contributed by atoms with Crippen LogP contribution in [0.25, 0.3) is 0 Å². The third kappa shape index (κ3) is 5.32. The molecule has 22 heavy (non-hydrogen) atoms. The largest absolute Gasteiger partial charge is 0.494 e. The second-order valence-electron chi connectivity index (χ2n) is 4.85. The summed E-state index contributed by atoms with van der Waals surface area (Å²) in [4.78, 5) is 0. The molecular weight excluding hydrogens is 319 g/mol. The number of ether oxygens (including phenoxy) is 1. The first-order valence-electron chi connectivity index (χ1n) is 7.34. The van der Waals surface area contributed by atoms with E-state index in [1.807, 2.05) is 30.3 Å². The maximum Gasteiger partial charge on any atom is 0.119 e. The van der Waals surface area contributed by atoms with Gasteiger partial charge in [0.2, 0.25) is 0 Å². The van der Waals surface area contributed by atoms with Crippen molar-refractivity contribution < 1.29 is 4.74 Å². The average Bonchev–Trinajstić information content (AvgIpc) is 2.54. The highest BCUT2D eigenvalue weighted by atomic mass is 35.5. The van der Waals surface area contributed by atoms with Crippen LogP contribution in [0.2, 0.25) is 10.0 Å². The predicted octanol–water partition coefficient (Wildman–Crippen LogP) is 5.31. The quantitative estimate of drug-likeness (QED) is 0.640. The van der Waals surface area contributed by atoms with E-state index < -0.39 is 0 Å². The van der Waals surface area contributed by atoms with Gasteiger partial charge in [0, 0.05) is 23.8 Å². The smallest absolute Gasteiger partial charge is 0.119 e. The van der Waals surface area contributed by atoms with E-state index in [4.69, 9.17) is 27.9 Å². The number of halogens is 2. The third-order valence-corrected chi connectivity index (χ3v) is 3.59. The standard InChI is InChI=1S/C17H20Cl2N2O/c1-2-11-22-15-6-4-14(5-7-15)20-9-10-21-17-12-13(18)3-8-16(17)19/h3-8,12,20-21H,2,9-11H2,1H3. The Balaban J connectivity index is 1.75. The zero-order valence-corrected chi connectivity index (χ0v) is 14.0. The fourth-order valence-corrected chi connectivity index (χ4v) is 2.28. The van der Waals surface area contributed by atoms with Crippen LogP contribution in [-0.2, 0) is 0 Å². The summed E-state index contributed by atoms with van der Waals surface area (Å²) in [7, 11) is 0. The first-order valence-corrected chi connectivity index (χ1v) is 8.10. The zero-order valence-electron chi connectivity index (χ0n) is 12.5. The van der Waals surface area contributed by atoms with Crippen molar-refractivity contribution in [2.24, 2.45) is 0 Å². The van der Waals surface area contributed by atoms with Crippen molar-refractivity contribution in [2.75, 3.05) is 30.3 Å². The lowest BCUT2D eigenvalue weighted by Crippen LogP contribution is -2.13. The van der Waals surface area contributed by atoms with E-state index in [2.05, 4.69) is 17.6 Å². The minimum Gasteiger partial charge on any atom is -0.494 e. The molecule has 5 heteroatoms. The molecule has 2 rings (SSSR count). The summed E-state index contributed by atoms with van der Waals surface area (Å²) in [6.45, 7) is 4.36. The molecule has 0 saturated heterocycles. The van der Waals surface area contributed by atoms with Gasteiger partial charge in [-0.2, -0.15) is 0 Å². The lowest BCUT2D eigenvalue weighted by molar-refractivity contribution is 0.317. The van der Waals surface area contributed by atoms with Gasteiger partial charge in [-0.15, -0.1) is 0 Å². The van der Waals surface area contributed by atoms with Gasteiger partial charge in [0.1, 0.15) is 5.75 Å². The van der Waals surface area contributed by atoms with Gasteiger partial charge in [-0.25, -0.2) is 0 Å². The summed E-state index contributed by atoms with van der Waals surface area (Å²) < 4.78 is 5.55. The zero-order chi connectivity index (χ0) is 15.8. The summed E-state index contributed by atoms with van der Waals surface area (Å²) in [6, 6.07) is 13.3. The van der Waals surface area contributed by atoms with Crippen LogP contribution in [0.1, 0.15) is 13.3 Å². The summed E-state index contributed by atoms with van der Waals surface area (Å²) >= 11 is 12.0. The van der Waals surface area contributed by atoms with Gasteiger partial charge in [0.15, 0.2) is 0 Å². The van der Waals surface area contributed by atoms with Crippen molar-refractivity contribution >= 4 is 34.6 Å². The summed E-state index contributed by atoms with van der Waals surface area (Å²) in [5.74, 6) is 0.899. The van der Waals surface area contributed by atoms with E-state index in [-0.39, 0.29) is 0 Å². The van der Waals surface area contributed by atoms with Crippen molar-refractivity contribution in [1.82, 2.24) is 0 Å². The Labute approximate surface area is 141 Å². The van der Waals surface area contributed by atoms with E-state index in [0.717, 1.165) is 43.2 Å². The molecule has 2 N–H and O–H groups in total. The Bertz CT molecular complexity index is 588. The molecule has 118 valence electrons. The molecule has 0 aliphatic carbocycles. The molecule has 0 spiro atoms. The fraction of sp³-hybridized carbons (Fsp3) is 0.294. The van der Waals surface area contributed by atoms with Gasteiger partial charge in [0.25, 0.3) is 0 Å². The Morgan fingerprint density at radius 1 is 0.955 bits per heavy atom. The van der Waals surface area contributed by atoms with Crippen LogP contribution in [0.3, 0.4) is 0 Å².